The van der Waals surface area contributed by atoms with Gasteiger partial charge in [0.05, 0.1) is 0 Å². The van der Waals surface area contributed by atoms with E-state index in [1.807, 2.05) is 36.4 Å². The molecule has 4 rings (SSSR count). The molecule has 2 aromatic carbocycles. The normalized spacial score (nSPS) is 24.7. The number of allylic oxidation sites excluding steroid dienone is 2. The summed E-state index contributed by atoms with van der Waals surface area (Å²) >= 11 is 0. The number of hydrogen-bond acceptors (Lipinski definition) is 3. The van der Waals surface area contributed by atoms with Gasteiger partial charge in [0.25, 0.3) is 0 Å². The Morgan fingerprint density at radius 1 is 1.00 bits per heavy atom. The monoisotopic (exact) mass is 431 g/mol. The van der Waals surface area contributed by atoms with E-state index in [2.05, 4.69) is 47.8 Å². The highest BCUT2D eigenvalue weighted by molar-refractivity contribution is 5.66. The molecule has 2 aliphatic carbocycles. The summed E-state index contributed by atoms with van der Waals surface area (Å²) in [5.41, 5.74) is 2.20. The number of fused-ring (bicyclic) bond motifs is 2. The van der Waals surface area contributed by atoms with Gasteiger partial charge >= 0.3 is 5.97 Å². The van der Waals surface area contributed by atoms with Crippen molar-refractivity contribution in [2.75, 3.05) is 0 Å². The van der Waals surface area contributed by atoms with Gasteiger partial charge in [0, 0.05) is 18.6 Å². The molecule has 2 aliphatic rings. The summed E-state index contributed by atoms with van der Waals surface area (Å²) < 4.78 is 0. The number of carboxylic acids is 1. The molecule has 0 heterocycles. The second-order valence-electron chi connectivity index (χ2n) is 9.13. The van der Waals surface area contributed by atoms with Crippen molar-refractivity contribution in [2.24, 2.45) is 28.8 Å². The van der Waals surface area contributed by atoms with Gasteiger partial charge in [-0.15, -0.1) is 0 Å². The molecular weight excluding hydrogens is 398 g/mol. The smallest absolute Gasteiger partial charge is 0.303 e. The summed E-state index contributed by atoms with van der Waals surface area (Å²) in [5, 5.41) is 13.3. The van der Waals surface area contributed by atoms with Crippen molar-refractivity contribution in [3.05, 3.63) is 83.9 Å². The first kappa shape index (κ1) is 22.3. The van der Waals surface area contributed by atoms with Gasteiger partial charge < -0.3 is 9.94 Å². The fraction of sp³-hybridized carbons (Fsp3) is 0.429. The van der Waals surface area contributed by atoms with Crippen LogP contribution in [0.1, 0.15) is 62.2 Å². The van der Waals surface area contributed by atoms with E-state index in [0.29, 0.717) is 24.2 Å². The first-order valence-electron chi connectivity index (χ1n) is 11.9. The molecule has 4 atom stereocenters. The van der Waals surface area contributed by atoms with E-state index in [-0.39, 0.29) is 12.5 Å². The predicted octanol–water partition coefficient (Wildman–Crippen LogP) is 6.64. The fourth-order valence-electron chi connectivity index (χ4n) is 5.52. The van der Waals surface area contributed by atoms with Gasteiger partial charge in [-0.1, -0.05) is 78.0 Å². The van der Waals surface area contributed by atoms with Crippen molar-refractivity contribution < 1.29 is 14.7 Å². The molecule has 4 heteroatoms. The fourth-order valence-corrected chi connectivity index (χ4v) is 5.52. The Labute approximate surface area is 191 Å². The summed E-state index contributed by atoms with van der Waals surface area (Å²) in [6.45, 7) is 0. The Morgan fingerprint density at radius 2 is 1.66 bits per heavy atom. The first-order chi connectivity index (χ1) is 15.7. The minimum atomic E-state index is -0.716. The quantitative estimate of drug-likeness (QED) is 0.188. The van der Waals surface area contributed by atoms with E-state index in [1.165, 1.54) is 19.3 Å². The molecule has 32 heavy (non-hydrogen) atoms. The Hall–Kier alpha value is -2.88. The maximum Gasteiger partial charge on any atom is 0.303 e. The van der Waals surface area contributed by atoms with E-state index < -0.39 is 5.97 Å². The molecule has 0 aromatic heterocycles. The number of oxime groups is 1. The molecule has 4 unspecified atom stereocenters. The molecule has 0 saturated heterocycles. The molecule has 2 bridgehead atoms. The summed E-state index contributed by atoms with van der Waals surface area (Å²) in [6, 6.07) is 20.5. The summed E-state index contributed by atoms with van der Waals surface area (Å²) in [4.78, 5) is 16.8. The number of carboxylic acid groups (broad SMARTS) is 1. The number of nitrogens with zero attached hydrogens (tertiary/aromatic N) is 1. The zero-order chi connectivity index (χ0) is 22.2. The zero-order valence-electron chi connectivity index (χ0n) is 18.6. The van der Waals surface area contributed by atoms with E-state index >= 15 is 0 Å². The molecule has 2 aromatic rings. The highest BCUT2D eigenvalue weighted by Gasteiger charge is 2.46. The molecule has 168 valence electrons. The first-order valence-corrected chi connectivity index (χ1v) is 11.9. The SMILES string of the molecule is O=C(O)CCC/C=C/CC1C2CCC(C2)C1/C=N/OC(c1ccccc1)c1ccccc1. The van der Waals surface area contributed by atoms with Crippen LogP contribution in [-0.4, -0.2) is 17.3 Å². The molecule has 4 nitrogen and oxygen atoms in total. The van der Waals surface area contributed by atoms with Crippen LogP contribution < -0.4 is 0 Å². The topological polar surface area (TPSA) is 58.9 Å². The molecule has 0 spiro atoms. The molecule has 2 saturated carbocycles. The van der Waals surface area contributed by atoms with Crippen LogP contribution in [0.4, 0.5) is 0 Å². The van der Waals surface area contributed by atoms with Crippen LogP contribution >= 0.6 is 0 Å². The average molecular weight is 432 g/mol. The van der Waals surface area contributed by atoms with Crippen LogP contribution in [0.2, 0.25) is 0 Å². The van der Waals surface area contributed by atoms with Crippen molar-refractivity contribution in [3.8, 4) is 0 Å². The van der Waals surface area contributed by atoms with Crippen LogP contribution in [0.15, 0.2) is 78.0 Å². The number of carbonyl (C=O) groups is 1. The summed E-state index contributed by atoms with van der Waals surface area (Å²) in [7, 11) is 0. The maximum atomic E-state index is 10.6. The van der Waals surface area contributed by atoms with Crippen molar-refractivity contribution >= 4 is 12.2 Å². The summed E-state index contributed by atoms with van der Waals surface area (Å²) in [6.07, 6.45) is 13.0. The Balaban J connectivity index is 1.39. The van der Waals surface area contributed by atoms with Gasteiger partial charge in [-0.3, -0.25) is 4.79 Å². The third-order valence-electron chi connectivity index (χ3n) is 7.10. The van der Waals surface area contributed by atoms with Gasteiger partial charge in [0.15, 0.2) is 6.10 Å². The standard InChI is InChI=1S/C28H33NO3/c30-27(31)16-10-2-1-9-15-25-23-17-18-24(19-23)26(25)20-29-32-28(21-11-5-3-6-12-21)22-13-7-4-8-14-22/h1,3-9,11-14,20,23-26,28H,2,10,15-19H2,(H,30,31)/b9-1+,29-20+. The lowest BCUT2D eigenvalue weighted by Crippen LogP contribution is -2.23. The number of hydrogen-bond donors (Lipinski definition) is 1. The Kier molecular flexibility index (Phi) is 7.76. The van der Waals surface area contributed by atoms with Crippen molar-refractivity contribution in [3.63, 3.8) is 0 Å². The van der Waals surface area contributed by atoms with Gasteiger partial charge in [-0.05, 0) is 67.4 Å². The van der Waals surface area contributed by atoms with Crippen molar-refractivity contribution in [1.82, 2.24) is 0 Å². The van der Waals surface area contributed by atoms with Crippen LogP contribution in [0.5, 0.6) is 0 Å². The molecule has 1 N–H and O–H groups in total. The number of rotatable bonds is 11. The van der Waals surface area contributed by atoms with E-state index in [9.17, 15) is 4.79 Å². The third-order valence-corrected chi connectivity index (χ3v) is 7.10. The highest BCUT2D eigenvalue weighted by Crippen LogP contribution is 2.53. The molecular formula is C28H33NO3. The molecule has 0 aliphatic heterocycles. The lowest BCUT2D eigenvalue weighted by molar-refractivity contribution is -0.137. The lowest BCUT2D eigenvalue weighted by Gasteiger charge is -2.27. The second kappa shape index (κ2) is 11.1. The minimum absolute atomic E-state index is 0.208. The van der Waals surface area contributed by atoms with Gasteiger partial charge in [-0.2, -0.15) is 0 Å². The third kappa shape index (κ3) is 5.67. The largest absolute Gasteiger partial charge is 0.481 e. The second-order valence-corrected chi connectivity index (χ2v) is 9.13. The van der Waals surface area contributed by atoms with Crippen LogP contribution in [0.25, 0.3) is 0 Å². The van der Waals surface area contributed by atoms with Crippen LogP contribution in [0.3, 0.4) is 0 Å². The van der Waals surface area contributed by atoms with E-state index in [1.54, 1.807) is 0 Å². The maximum absolute atomic E-state index is 10.6. The Morgan fingerprint density at radius 3 is 2.31 bits per heavy atom. The van der Waals surface area contributed by atoms with Gasteiger partial charge in [-0.25, -0.2) is 0 Å². The number of benzene rings is 2. The van der Waals surface area contributed by atoms with E-state index in [4.69, 9.17) is 9.94 Å². The van der Waals surface area contributed by atoms with Crippen LogP contribution in [-0.2, 0) is 9.63 Å². The van der Waals surface area contributed by atoms with Crippen LogP contribution in [0, 0.1) is 23.7 Å². The van der Waals surface area contributed by atoms with Gasteiger partial charge in [0.1, 0.15) is 0 Å². The number of unbranched alkanes of at least 4 members (excludes halogenated alkanes) is 1. The lowest BCUT2D eigenvalue weighted by atomic mass is 9.78. The van der Waals surface area contributed by atoms with Gasteiger partial charge in [0.2, 0.25) is 0 Å². The number of aliphatic carboxylic acids is 1. The van der Waals surface area contributed by atoms with E-state index in [0.717, 1.165) is 29.9 Å². The predicted molar refractivity (Wildman–Crippen MR) is 127 cm³/mol. The zero-order valence-corrected chi connectivity index (χ0v) is 18.6. The van der Waals surface area contributed by atoms with Crippen molar-refractivity contribution in [1.29, 1.82) is 0 Å². The summed E-state index contributed by atoms with van der Waals surface area (Å²) in [5.74, 6) is 1.85. The Bertz CT molecular complexity index is 869. The minimum Gasteiger partial charge on any atom is -0.481 e. The van der Waals surface area contributed by atoms with Crippen molar-refractivity contribution in [2.45, 2.75) is 51.0 Å². The molecule has 2 fully saturated rings. The molecule has 0 radical (unpaired) electrons. The molecule has 0 amide bonds. The average Bonchev–Trinajstić information content (AvgIpc) is 3.42. The highest BCUT2D eigenvalue weighted by atomic mass is 16.6.